The van der Waals surface area contributed by atoms with E-state index in [4.69, 9.17) is 0 Å². The number of aromatic nitrogens is 3. The Morgan fingerprint density at radius 1 is 1.29 bits per heavy atom. The van der Waals surface area contributed by atoms with E-state index in [2.05, 4.69) is 35.8 Å². The predicted molar refractivity (Wildman–Crippen MR) is 123 cm³/mol. The van der Waals surface area contributed by atoms with Gasteiger partial charge in [0.2, 0.25) is 11.9 Å². The van der Waals surface area contributed by atoms with Crippen molar-refractivity contribution in [3.8, 4) is 5.00 Å². The number of fused-ring (bicyclic) bond motifs is 8. The van der Waals surface area contributed by atoms with Crippen LogP contribution in [0.3, 0.4) is 0 Å². The fraction of sp³-hybridized carbons (Fsp3) is 0.381. The Bertz CT molecular complexity index is 1170. The van der Waals surface area contributed by atoms with E-state index in [1.54, 1.807) is 0 Å². The number of amides is 1. The third-order valence-corrected chi connectivity index (χ3v) is 8.28. The number of hydrazine groups is 1. The summed E-state index contributed by atoms with van der Waals surface area (Å²) < 4.78 is 2.13. The van der Waals surface area contributed by atoms with Gasteiger partial charge < -0.3 is 5.32 Å². The van der Waals surface area contributed by atoms with E-state index in [1.165, 1.54) is 45.6 Å². The molecule has 10 heteroatoms. The second-order valence-electron chi connectivity index (χ2n) is 8.01. The lowest BCUT2D eigenvalue weighted by molar-refractivity contribution is -0.113. The molecule has 31 heavy (non-hydrogen) atoms. The molecule has 0 spiro atoms. The molecule has 1 aromatic carbocycles. The molecular weight excluding hydrogens is 430 g/mol. The second-order valence-corrected chi connectivity index (χ2v) is 10.0. The van der Waals surface area contributed by atoms with Crippen LogP contribution < -0.4 is 21.1 Å². The van der Waals surface area contributed by atoms with E-state index in [1.807, 2.05) is 42.5 Å². The molecule has 3 aliphatic rings. The minimum atomic E-state index is -0.0444. The number of carbonyl (C=O) groups is 1. The summed E-state index contributed by atoms with van der Waals surface area (Å²) in [6, 6.07) is 7.81. The minimum absolute atomic E-state index is 0.0444. The molecule has 1 fully saturated rings. The van der Waals surface area contributed by atoms with Crippen LogP contribution in [-0.2, 0) is 17.6 Å². The average molecular weight is 454 g/mol. The molecule has 2 aromatic heterocycles. The smallest absolute Gasteiger partial charge is 0.249 e. The highest BCUT2D eigenvalue weighted by atomic mass is 32.2. The number of aryl methyl sites for hydroxylation is 2. The molecule has 1 atom stereocenters. The van der Waals surface area contributed by atoms with Gasteiger partial charge >= 0.3 is 0 Å². The van der Waals surface area contributed by atoms with Gasteiger partial charge in [0.1, 0.15) is 11.2 Å². The van der Waals surface area contributed by atoms with Crippen molar-refractivity contribution >= 4 is 40.6 Å². The highest BCUT2D eigenvalue weighted by Gasteiger charge is 2.41. The van der Waals surface area contributed by atoms with E-state index >= 15 is 0 Å². The first-order chi connectivity index (χ1) is 15.2. The first kappa shape index (κ1) is 19.3. The monoisotopic (exact) mass is 453 g/mol. The van der Waals surface area contributed by atoms with Gasteiger partial charge in [-0.15, -0.1) is 21.5 Å². The molecular formula is C21H23N7OS2. The van der Waals surface area contributed by atoms with Gasteiger partial charge in [-0.3, -0.25) is 15.1 Å². The Morgan fingerprint density at radius 3 is 3.06 bits per heavy atom. The number of thioether (sulfide) groups is 1. The van der Waals surface area contributed by atoms with Crippen LogP contribution in [-0.4, -0.2) is 33.1 Å². The highest BCUT2D eigenvalue weighted by molar-refractivity contribution is 7.99. The number of para-hydroxylation sites is 1. The van der Waals surface area contributed by atoms with Gasteiger partial charge in [-0.2, -0.15) is 0 Å². The third kappa shape index (κ3) is 3.16. The molecule has 4 heterocycles. The lowest BCUT2D eigenvalue weighted by Crippen LogP contribution is -2.39. The lowest BCUT2D eigenvalue weighted by Gasteiger charge is -2.31. The quantitative estimate of drug-likeness (QED) is 0.523. The Labute approximate surface area is 188 Å². The van der Waals surface area contributed by atoms with E-state index in [-0.39, 0.29) is 17.8 Å². The van der Waals surface area contributed by atoms with Crippen LogP contribution >= 0.6 is 23.1 Å². The van der Waals surface area contributed by atoms with Crippen molar-refractivity contribution < 1.29 is 4.79 Å². The number of anilines is 2. The van der Waals surface area contributed by atoms with E-state index < -0.39 is 0 Å². The van der Waals surface area contributed by atoms with Crippen LogP contribution in [0.4, 0.5) is 11.6 Å². The Balaban J connectivity index is 1.30. The number of benzene rings is 1. The summed E-state index contributed by atoms with van der Waals surface area (Å²) in [6.45, 7) is 2.69. The van der Waals surface area contributed by atoms with Gasteiger partial charge in [0.15, 0.2) is 5.16 Å². The molecule has 6 rings (SSSR count). The number of carbonyl (C=O) groups excluding carboxylic acids is 1. The topological polar surface area (TPSA) is 87.1 Å². The fourth-order valence-electron chi connectivity index (χ4n) is 4.57. The van der Waals surface area contributed by atoms with Crippen LogP contribution in [0.15, 0.2) is 29.4 Å². The molecule has 0 saturated carbocycles. The number of thiophene rings is 1. The van der Waals surface area contributed by atoms with Crippen molar-refractivity contribution in [1.82, 2.24) is 25.5 Å². The summed E-state index contributed by atoms with van der Waals surface area (Å²) >= 11 is 3.29. The molecule has 1 aliphatic carbocycles. The fourth-order valence-corrected chi connectivity index (χ4v) is 6.78. The van der Waals surface area contributed by atoms with Gasteiger partial charge in [-0.25, -0.2) is 9.99 Å². The minimum Gasteiger partial charge on any atom is -0.325 e. The standard InChI is InChI=1S/C21H23N7OS2/c1-12-6-2-4-8-14(12)24-16(29)10-30-21-26-25-20-27(21)19-17(18-22-11-23-28(18)20)13-7-3-5-9-15(13)31-19/h2,4,6,8,18,22-23H,3,5,7,9-11H2,1H3,(H,24,29). The van der Waals surface area contributed by atoms with Crippen LogP contribution in [0.2, 0.25) is 0 Å². The Hall–Kier alpha value is -2.40. The van der Waals surface area contributed by atoms with Crippen molar-refractivity contribution in [2.24, 2.45) is 0 Å². The van der Waals surface area contributed by atoms with E-state index in [0.717, 1.165) is 35.2 Å². The zero-order valence-corrected chi connectivity index (χ0v) is 18.8. The average Bonchev–Trinajstić information content (AvgIpc) is 3.49. The van der Waals surface area contributed by atoms with E-state index in [0.29, 0.717) is 6.67 Å². The number of nitrogens with one attached hydrogen (secondary N) is 3. The largest absolute Gasteiger partial charge is 0.325 e. The molecule has 8 nitrogen and oxygen atoms in total. The Kier molecular flexibility index (Phi) is 4.75. The van der Waals surface area contributed by atoms with Crippen LogP contribution in [0.5, 0.6) is 0 Å². The molecule has 3 aromatic rings. The molecule has 1 amide bonds. The zero-order valence-electron chi connectivity index (χ0n) is 17.1. The van der Waals surface area contributed by atoms with Gasteiger partial charge in [-0.05, 0) is 49.8 Å². The Morgan fingerprint density at radius 2 is 2.16 bits per heavy atom. The summed E-state index contributed by atoms with van der Waals surface area (Å²) in [4.78, 5) is 14.1. The normalized spacial score (nSPS) is 18.9. The predicted octanol–water partition coefficient (Wildman–Crippen LogP) is 3.13. The third-order valence-electron chi connectivity index (χ3n) is 6.06. The molecule has 1 unspecified atom stereocenters. The van der Waals surface area contributed by atoms with Crippen molar-refractivity contribution in [1.29, 1.82) is 0 Å². The lowest BCUT2D eigenvalue weighted by atomic mass is 9.94. The highest BCUT2D eigenvalue weighted by Crippen LogP contribution is 2.47. The second kappa shape index (κ2) is 7.63. The van der Waals surface area contributed by atoms with Crippen LogP contribution in [0, 0.1) is 6.92 Å². The van der Waals surface area contributed by atoms with Crippen LogP contribution in [0.1, 0.15) is 40.6 Å². The van der Waals surface area contributed by atoms with Crippen molar-refractivity contribution in [3.63, 3.8) is 0 Å². The van der Waals surface area contributed by atoms with Gasteiger partial charge in [0.25, 0.3) is 0 Å². The molecule has 0 radical (unpaired) electrons. The number of hydrogen-bond donors (Lipinski definition) is 3. The van der Waals surface area contributed by atoms with Gasteiger partial charge in [0, 0.05) is 16.1 Å². The number of rotatable bonds is 4. The first-order valence-electron chi connectivity index (χ1n) is 10.6. The van der Waals surface area contributed by atoms with Gasteiger partial charge in [-0.1, -0.05) is 30.0 Å². The molecule has 0 bridgehead atoms. The van der Waals surface area contributed by atoms with Crippen molar-refractivity contribution in [2.45, 2.75) is 43.9 Å². The molecule has 160 valence electrons. The maximum Gasteiger partial charge on any atom is 0.249 e. The number of hydrogen-bond acceptors (Lipinski definition) is 8. The summed E-state index contributed by atoms with van der Waals surface area (Å²) in [5.41, 5.74) is 8.12. The first-order valence-corrected chi connectivity index (χ1v) is 12.4. The number of nitrogens with zero attached hydrogens (tertiary/aromatic N) is 4. The van der Waals surface area contributed by atoms with Crippen molar-refractivity contribution in [2.75, 3.05) is 22.7 Å². The molecule has 2 aliphatic heterocycles. The maximum absolute atomic E-state index is 12.6. The van der Waals surface area contributed by atoms with Gasteiger partial charge in [0.05, 0.1) is 12.4 Å². The summed E-state index contributed by atoms with van der Waals surface area (Å²) in [6.07, 6.45) is 4.86. The van der Waals surface area contributed by atoms with Crippen LogP contribution in [0.25, 0.3) is 5.00 Å². The van der Waals surface area contributed by atoms with E-state index in [9.17, 15) is 4.79 Å². The summed E-state index contributed by atoms with van der Waals surface area (Å²) in [5.74, 6) is 1.02. The summed E-state index contributed by atoms with van der Waals surface area (Å²) in [5, 5.41) is 19.5. The summed E-state index contributed by atoms with van der Waals surface area (Å²) in [7, 11) is 0. The molecule has 3 N–H and O–H groups in total. The SMILES string of the molecule is Cc1ccccc1NC(=O)CSc1nnc2n1-c1sc3c(c1C1NCNN21)CCCC3. The van der Waals surface area contributed by atoms with Crippen molar-refractivity contribution in [3.05, 3.63) is 45.8 Å². The maximum atomic E-state index is 12.6. The zero-order chi connectivity index (χ0) is 20.9. The molecule has 1 saturated heterocycles.